The number of anilines is 1. The molecule has 0 radical (unpaired) electrons. The van der Waals surface area contributed by atoms with Crippen LogP contribution in [-0.2, 0) is 24.3 Å². The van der Waals surface area contributed by atoms with Gasteiger partial charge in [0.2, 0.25) is 0 Å². The smallest absolute Gasteiger partial charge is 0.338 e. The van der Waals surface area contributed by atoms with E-state index in [1.54, 1.807) is 18.2 Å². The standard InChI is InChI=1S/C15H18BrN3O2/c1-3-11-8-12(19(4-2)18-11)9-21-15(20)10-5-6-13(16)14(17)7-10/h5-8H,3-4,9,17H2,1-2H3. The Balaban J connectivity index is 2.06. The molecule has 0 atom stereocenters. The summed E-state index contributed by atoms with van der Waals surface area (Å²) in [7, 11) is 0. The average molecular weight is 352 g/mol. The topological polar surface area (TPSA) is 70.1 Å². The largest absolute Gasteiger partial charge is 0.456 e. The lowest BCUT2D eigenvalue weighted by molar-refractivity contribution is 0.0462. The Morgan fingerprint density at radius 3 is 2.76 bits per heavy atom. The van der Waals surface area contributed by atoms with Crippen LogP contribution in [-0.4, -0.2) is 15.7 Å². The van der Waals surface area contributed by atoms with Crippen LogP contribution in [0.5, 0.6) is 0 Å². The zero-order valence-corrected chi connectivity index (χ0v) is 13.7. The fraction of sp³-hybridized carbons (Fsp3) is 0.333. The molecule has 112 valence electrons. The van der Waals surface area contributed by atoms with E-state index in [1.165, 1.54) is 0 Å². The third kappa shape index (κ3) is 3.64. The number of hydrogen-bond donors (Lipinski definition) is 1. The minimum atomic E-state index is -0.392. The first kappa shape index (κ1) is 15.6. The summed E-state index contributed by atoms with van der Waals surface area (Å²) in [6.07, 6.45) is 0.858. The van der Waals surface area contributed by atoms with Crippen molar-refractivity contribution in [1.29, 1.82) is 0 Å². The number of carbonyl (C=O) groups is 1. The van der Waals surface area contributed by atoms with Crippen LogP contribution < -0.4 is 5.73 Å². The van der Waals surface area contributed by atoms with Gasteiger partial charge in [0.05, 0.1) is 17.0 Å². The normalized spacial score (nSPS) is 10.6. The van der Waals surface area contributed by atoms with Crippen molar-refractivity contribution in [2.75, 3.05) is 5.73 Å². The number of aromatic nitrogens is 2. The summed E-state index contributed by atoms with van der Waals surface area (Å²) < 4.78 is 7.95. The van der Waals surface area contributed by atoms with Gasteiger partial charge in [0.25, 0.3) is 0 Å². The van der Waals surface area contributed by atoms with Crippen LogP contribution in [0.15, 0.2) is 28.7 Å². The van der Waals surface area contributed by atoms with E-state index in [0.29, 0.717) is 11.3 Å². The first-order valence-corrected chi connectivity index (χ1v) is 7.62. The number of nitrogens with zero attached hydrogens (tertiary/aromatic N) is 2. The van der Waals surface area contributed by atoms with E-state index in [-0.39, 0.29) is 6.61 Å². The van der Waals surface area contributed by atoms with E-state index in [9.17, 15) is 4.79 Å². The van der Waals surface area contributed by atoms with Gasteiger partial charge in [-0.2, -0.15) is 5.10 Å². The molecule has 2 rings (SSSR count). The lowest BCUT2D eigenvalue weighted by atomic mass is 10.2. The summed E-state index contributed by atoms with van der Waals surface area (Å²) in [5.41, 5.74) is 8.61. The Kier molecular flexibility index (Phi) is 5.01. The quantitative estimate of drug-likeness (QED) is 0.663. The number of carbonyl (C=O) groups excluding carboxylic acids is 1. The molecule has 0 bridgehead atoms. The number of esters is 1. The number of ether oxygens (including phenoxy) is 1. The minimum Gasteiger partial charge on any atom is -0.456 e. The van der Waals surface area contributed by atoms with Crippen LogP contribution in [0.1, 0.15) is 35.6 Å². The van der Waals surface area contributed by atoms with Crippen molar-refractivity contribution in [2.45, 2.75) is 33.4 Å². The van der Waals surface area contributed by atoms with Crippen molar-refractivity contribution >= 4 is 27.6 Å². The molecule has 0 unspecified atom stereocenters. The van der Waals surface area contributed by atoms with Gasteiger partial charge in [0, 0.05) is 16.7 Å². The molecular weight excluding hydrogens is 334 g/mol. The fourth-order valence-electron chi connectivity index (χ4n) is 1.97. The zero-order valence-electron chi connectivity index (χ0n) is 12.1. The van der Waals surface area contributed by atoms with Gasteiger partial charge in [-0.05, 0) is 53.5 Å². The van der Waals surface area contributed by atoms with Crippen LogP contribution in [0, 0.1) is 0 Å². The third-order valence-corrected chi connectivity index (χ3v) is 3.88. The van der Waals surface area contributed by atoms with E-state index >= 15 is 0 Å². The van der Waals surface area contributed by atoms with Gasteiger partial charge < -0.3 is 10.5 Å². The van der Waals surface area contributed by atoms with Gasteiger partial charge in [-0.1, -0.05) is 6.92 Å². The molecule has 6 heteroatoms. The van der Waals surface area contributed by atoms with E-state index in [0.717, 1.165) is 28.8 Å². The summed E-state index contributed by atoms with van der Waals surface area (Å²) in [5.74, 6) is -0.392. The predicted molar refractivity (Wildman–Crippen MR) is 85.0 cm³/mol. The number of hydrogen-bond acceptors (Lipinski definition) is 4. The number of nitrogen functional groups attached to an aromatic ring is 1. The molecule has 0 amide bonds. The Morgan fingerprint density at radius 1 is 1.38 bits per heavy atom. The predicted octanol–water partition coefficient (Wildman–Crippen LogP) is 3.17. The van der Waals surface area contributed by atoms with Crippen molar-refractivity contribution in [3.63, 3.8) is 0 Å². The molecule has 1 aromatic heterocycles. The molecule has 0 saturated heterocycles. The Hall–Kier alpha value is -1.82. The highest BCUT2D eigenvalue weighted by Crippen LogP contribution is 2.21. The van der Waals surface area contributed by atoms with Crippen molar-refractivity contribution in [3.8, 4) is 0 Å². The first-order valence-electron chi connectivity index (χ1n) is 6.82. The molecule has 5 nitrogen and oxygen atoms in total. The molecule has 1 heterocycles. The number of nitrogens with two attached hydrogens (primary N) is 1. The van der Waals surface area contributed by atoms with Crippen LogP contribution in [0.2, 0.25) is 0 Å². The molecule has 0 fully saturated rings. The highest BCUT2D eigenvalue weighted by molar-refractivity contribution is 9.10. The van der Waals surface area contributed by atoms with Crippen molar-refractivity contribution in [1.82, 2.24) is 9.78 Å². The van der Waals surface area contributed by atoms with Crippen molar-refractivity contribution in [3.05, 3.63) is 45.7 Å². The van der Waals surface area contributed by atoms with Gasteiger partial charge >= 0.3 is 5.97 Å². The van der Waals surface area contributed by atoms with Gasteiger partial charge in [-0.15, -0.1) is 0 Å². The van der Waals surface area contributed by atoms with E-state index in [4.69, 9.17) is 10.5 Å². The molecule has 1 aromatic carbocycles. The summed E-state index contributed by atoms with van der Waals surface area (Å²) in [4.78, 5) is 12.0. The van der Waals surface area contributed by atoms with Gasteiger partial charge in [-0.3, -0.25) is 4.68 Å². The van der Waals surface area contributed by atoms with Crippen LogP contribution in [0.4, 0.5) is 5.69 Å². The van der Waals surface area contributed by atoms with E-state index in [1.807, 2.05) is 24.6 Å². The molecule has 0 aliphatic heterocycles. The molecule has 0 saturated carbocycles. The lowest BCUT2D eigenvalue weighted by Crippen LogP contribution is -2.09. The number of aryl methyl sites for hydroxylation is 2. The number of halogens is 1. The van der Waals surface area contributed by atoms with Gasteiger partial charge in [0.1, 0.15) is 6.61 Å². The highest BCUT2D eigenvalue weighted by Gasteiger charge is 2.12. The van der Waals surface area contributed by atoms with Crippen molar-refractivity contribution in [2.24, 2.45) is 0 Å². The second kappa shape index (κ2) is 6.76. The SMILES string of the molecule is CCc1cc(COC(=O)c2ccc(Br)c(N)c2)n(CC)n1. The summed E-state index contributed by atoms with van der Waals surface area (Å²) in [6, 6.07) is 6.97. The summed E-state index contributed by atoms with van der Waals surface area (Å²) in [6.45, 7) is 5.00. The molecule has 2 aromatic rings. The summed E-state index contributed by atoms with van der Waals surface area (Å²) in [5, 5.41) is 4.42. The lowest BCUT2D eigenvalue weighted by Gasteiger charge is -2.07. The molecule has 21 heavy (non-hydrogen) atoms. The zero-order chi connectivity index (χ0) is 15.4. The maximum atomic E-state index is 12.0. The molecule has 0 aliphatic rings. The third-order valence-electron chi connectivity index (χ3n) is 3.16. The highest BCUT2D eigenvalue weighted by atomic mass is 79.9. The van der Waals surface area contributed by atoms with Crippen LogP contribution in [0.3, 0.4) is 0 Å². The number of rotatable bonds is 5. The molecule has 2 N–H and O–H groups in total. The van der Waals surface area contributed by atoms with Gasteiger partial charge in [0.15, 0.2) is 0 Å². The van der Waals surface area contributed by atoms with E-state index < -0.39 is 5.97 Å². The monoisotopic (exact) mass is 351 g/mol. The second-order valence-corrected chi connectivity index (χ2v) is 5.46. The Morgan fingerprint density at radius 2 is 2.14 bits per heavy atom. The maximum absolute atomic E-state index is 12.0. The Bertz CT molecular complexity index is 652. The average Bonchev–Trinajstić information content (AvgIpc) is 2.90. The molecule has 0 aliphatic carbocycles. The van der Waals surface area contributed by atoms with E-state index in [2.05, 4.69) is 21.0 Å². The fourth-order valence-corrected chi connectivity index (χ4v) is 2.22. The second-order valence-electron chi connectivity index (χ2n) is 4.61. The minimum absolute atomic E-state index is 0.204. The Labute approximate surface area is 132 Å². The molecule has 0 spiro atoms. The molecular formula is C15H18BrN3O2. The maximum Gasteiger partial charge on any atom is 0.338 e. The van der Waals surface area contributed by atoms with Gasteiger partial charge in [-0.25, -0.2) is 4.79 Å². The van der Waals surface area contributed by atoms with Crippen molar-refractivity contribution < 1.29 is 9.53 Å². The summed E-state index contributed by atoms with van der Waals surface area (Å²) >= 11 is 3.29. The number of benzene rings is 1. The first-order chi connectivity index (χ1) is 10.0. The van der Waals surface area contributed by atoms with Crippen LogP contribution in [0.25, 0.3) is 0 Å². The van der Waals surface area contributed by atoms with Crippen LogP contribution >= 0.6 is 15.9 Å².